The lowest BCUT2D eigenvalue weighted by Crippen LogP contribution is -2.48. The van der Waals surface area contributed by atoms with Crippen LogP contribution in [0.1, 0.15) is 23.9 Å². The highest BCUT2D eigenvalue weighted by atomic mass is 32.1. The van der Waals surface area contributed by atoms with Crippen molar-refractivity contribution in [3.05, 3.63) is 22.2 Å². The van der Waals surface area contributed by atoms with E-state index in [0.29, 0.717) is 17.1 Å². The van der Waals surface area contributed by atoms with Crippen LogP contribution in [0.2, 0.25) is 0 Å². The first kappa shape index (κ1) is 13.1. The van der Waals surface area contributed by atoms with E-state index < -0.39 is 0 Å². The quantitative estimate of drug-likeness (QED) is 0.822. The molecule has 1 aliphatic heterocycles. The third-order valence-corrected chi connectivity index (χ3v) is 5.10. The Morgan fingerprint density at radius 1 is 1.53 bits per heavy atom. The van der Waals surface area contributed by atoms with Crippen molar-refractivity contribution in [1.82, 2.24) is 9.88 Å². The Kier molecular flexibility index (Phi) is 3.60. The lowest BCUT2D eigenvalue weighted by Gasteiger charge is -2.42. The van der Waals surface area contributed by atoms with Crippen LogP contribution in [-0.2, 0) is 12.8 Å². The molecule has 4 nitrogen and oxygen atoms in total. The summed E-state index contributed by atoms with van der Waals surface area (Å²) in [5, 5.41) is 10.1. The second kappa shape index (κ2) is 5.23. The van der Waals surface area contributed by atoms with Crippen LogP contribution >= 0.6 is 11.3 Å². The lowest BCUT2D eigenvalue weighted by atomic mass is 9.81. The van der Waals surface area contributed by atoms with Gasteiger partial charge < -0.3 is 10.8 Å². The van der Waals surface area contributed by atoms with E-state index >= 15 is 0 Å². The Bertz CT molecular complexity index is 497. The molecule has 0 radical (unpaired) electrons. The number of aromatic nitrogens is 1. The predicted molar refractivity (Wildman–Crippen MR) is 78.2 cm³/mol. The number of thiazole rings is 1. The highest BCUT2D eigenvalue weighted by Gasteiger charge is 2.36. The zero-order valence-corrected chi connectivity index (χ0v) is 12.1. The number of rotatable bonds is 3. The SMILES string of the molecule is CCCN1CC(CO)=C[C@H]2Cc3nc(N)sc3C[C@@H]21. The normalized spacial score (nSPS) is 26.7. The number of aliphatic hydroxyl groups is 1. The van der Waals surface area contributed by atoms with E-state index in [9.17, 15) is 5.11 Å². The fraction of sp³-hybridized carbons (Fsp3) is 0.643. The molecular weight excluding hydrogens is 258 g/mol. The first-order valence-corrected chi connectivity index (χ1v) is 7.81. The fourth-order valence-electron chi connectivity index (χ4n) is 3.36. The van der Waals surface area contributed by atoms with E-state index in [1.165, 1.54) is 10.6 Å². The van der Waals surface area contributed by atoms with E-state index in [2.05, 4.69) is 22.9 Å². The van der Waals surface area contributed by atoms with Gasteiger partial charge in [0.2, 0.25) is 0 Å². The van der Waals surface area contributed by atoms with Crippen LogP contribution in [0.3, 0.4) is 0 Å². The van der Waals surface area contributed by atoms with Crippen LogP contribution in [0, 0.1) is 5.92 Å². The Morgan fingerprint density at radius 2 is 2.37 bits per heavy atom. The van der Waals surface area contributed by atoms with Gasteiger partial charge in [-0.2, -0.15) is 0 Å². The number of hydrogen-bond acceptors (Lipinski definition) is 5. The van der Waals surface area contributed by atoms with Crippen LogP contribution in [0.5, 0.6) is 0 Å². The molecule has 0 spiro atoms. The van der Waals surface area contributed by atoms with Gasteiger partial charge in [0, 0.05) is 17.5 Å². The second-order valence-corrected chi connectivity index (χ2v) is 6.63. The summed E-state index contributed by atoms with van der Waals surface area (Å²) in [7, 11) is 0. The van der Waals surface area contributed by atoms with E-state index in [1.54, 1.807) is 11.3 Å². The fourth-order valence-corrected chi connectivity index (χ4v) is 4.27. The predicted octanol–water partition coefficient (Wildman–Crippen LogP) is 1.45. The van der Waals surface area contributed by atoms with Gasteiger partial charge in [0.25, 0.3) is 0 Å². The third-order valence-electron chi connectivity index (χ3n) is 4.15. The molecule has 3 rings (SSSR count). The summed E-state index contributed by atoms with van der Waals surface area (Å²) >= 11 is 1.64. The molecule has 1 aromatic rings. The molecule has 2 heterocycles. The molecule has 2 atom stereocenters. The maximum atomic E-state index is 9.44. The van der Waals surface area contributed by atoms with Crippen LogP contribution in [-0.4, -0.2) is 40.7 Å². The Balaban J connectivity index is 1.90. The molecule has 0 aromatic carbocycles. The number of anilines is 1. The van der Waals surface area contributed by atoms with Gasteiger partial charge in [-0.15, -0.1) is 11.3 Å². The lowest BCUT2D eigenvalue weighted by molar-refractivity contribution is 0.142. The smallest absolute Gasteiger partial charge is 0.180 e. The van der Waals surface area contributed by atoms with Crippen LogP contribution < -0.4 is 5.73 Å². The molecule has 0 saturated heterocycles. The monoisotopic (exact) mass is 279 g/mol. The van der Waals surface area contributed by atoms with Crippen molar-refractivity contribution in [2.24, 2.45) is 5.92 Å². The van der Waals surface area contributed by atoms with E-state index in [0.717, 1.165) is 37.9 Å². The standard InChI is InChI=1S/C14H21N3OS/c1-2-3-17-7-9(8-18)4-10-5-11-13(6-12(10)17)19-14(15)16-11/h4,10,12,18H,2-3,5-8H2,1H3,(H2,15,16)/t10-,12-/m0/s1. The topological polar surface area (TPSA) is 62.4 Å². The summed E-state index contributed by atoms with van der Waals surface area (Å²) in [5.41, 5.74) is 8.16. The van der Waals surface area contributed by atoms with Crippen LogP contribution in [0.15, 0.2) is 11.6 Å². The zero-order valence-electron chi connectivity index (χ0n) is 11.3. The number of fused-ring (bicyclic) bond motifs is 2. The highest BCUT2D eigenvalue weighted by molar-refractivity contribution is 7.15. The van der Waals surface area contributed by atoms with Crippen molar-refractivity contribution in [1.29, 1.82) is 0 Å². The van der Waals surface area contributed by atoms with Gasteiger partial charge in [0.1, 0.15) is 0 Å². The molecule has 0 fully saturated rings. The molecule has 0 amide bonds. The van der Waals surface area contributed by atoms with Gasteiger partial charge in [-0.05, 0) is 37.3 Å². The second-order valence-electron chi connectivity index (χ2n) is 5.51. The first-order valence-electron chi connectivity index (χ1n) is 6.99. The number of nitrogens with two attached hydrogens (primary N) is 1. The molecule has 104 valence electrons. The van der Waals surface area contributed by atoms with Crippen molar-refractivity contribution in [3.8, 4) is 0 Å². The molecule has 5 heteroatoms. The van der Waals surface area contributed by atoms with E-state index in [-0.39, 0.29) is 6.61 Å². The summed E-state index contributed by atoms with van der Waals surface area (Å²) in [6, 6.07) is 0.558. The third kappa shape index (κ3) is 2.42. The molecule has 1 aliphatic carbocycles. The average Bonchev–Trinajstić information content (AvgIpc) is 2.75. The van der Waals surface area contributed by atoms with Crippen molar-refractivity contribution in [2.75, 3.05) is 25.4 Å². The highest BCUT2D eigenvalue weighted by Crippen LogP contribution is 2.36. The van der Waals surface area contributed by atoms with Crippen molar-refractivity contribution < 1.29 is 5.11 Å². The van der Waals surface area contributed by atoms with Crippen molar-refractivity contribution in [2.45, 2.75) is 32.2 Å². The minimum atomic E-state index is 0.176. The van der Waals surface area contributed by atoms with Gasteiger partial charge >= 0.3 is 0 Å². The molecular formula is C14H21N3OS. The Labute approximate surface area is 117 Å². The minimum absolute atomic E-state index is 0.176. The average molecular weight is 279 g/mol. The molecule has 0 saturated carbocycles. The van der Waals surface area contributed by atoms with Gasteiger partial charge in [0.15, 0.2) is 5.13 Å². The van der Waals surface area contributed by atoms with Crippen LogP contribution in [0.4, 0.5) is 5.13 Å². The maximum Gasteiger partial charge on any atom is 0.180 e. The molecule has 0 bridgehead atoms. The molecule has 2 aliphatic rings. The molecule has 19 heavy (non-hydrogen) atoms. The number of aliphatic hydroxyl groups excluding tert-OH is 1. The van der Waals surface area contributed by atoms with Crippen molar-refractivity contribution >= 4 is 16.5 Å². The summed E-state index contributed by atoms with van der Waals surface area (Å²) in [6.45, 7) is 4.40. The maximum absolute atomic E-state index is 9.44. The summed E-state index contributed by atoms with van der Waals surface area (Å²) in [5.74, 6) is 0.483. The molecule has 0 unspecified atom stereocenters. The van der Waals surface area contributed by atoms with E-state index in [1.807, 2.05) is 0 Å². The van der Waals surface area contributed by atoms with Gasteiger partial charge in [-0.1, -0.05) is 13.0 Å². The van der Waals surface area contributed by atoms with Crippen molar-refractivity contribution in [3.63, 3.8) is 0 Å². The summed E-state index contributed by atoms with van der Waals surface area (Å²) < 4.78 is 0. The first-order chi connectivity index (χ1) is 9.21. The minimum Gasteiger partial charge on any atom is -0.392 e. The van der Waals surface area contributed by atoms with Gasteiger partial charge in [0.05, 0.1) is 12.3 Å². The van der Waals surface area contributed by atoms with Gasteiger partial charge in [-0.3, -0.25) is 4.90 Å². The number of nitrogens with zero attached hydrogens (tertiary/aromatic N) is 2. The molecule has 1 aromatic heterocycles. The van der Waals surface area contributed by atoms with Crippen LogP contribution in [0.25, 0.3) is 0 Å². The Morgan fingerprint density at radius 3 is 3.11 bits per heavy atom. The van der Waals surface area contributed by atoms with Gasteiger partial charge in [-0.25, -0.2) is 4.98 Å². The summed E-state index contributed by atoms with van der Waals surface area (Å²) in [4.78, 5) is 8.33. The largest absolute Gasteiger partial charge is 0.392 e. The zero-order chi connectivity index (χ0) is 13.4. The summed E-state index contributed by atoms with van der Waals surface area (Å²) in [6.07, 6.45) is 5.45. The molecule has 3 N–H and O–H groups in total. The number of nitrogen functional groups attached to an aromatic ring is 1. The Hall–Kier alpha value is -0.910. The number of hydrogen-bond donors (Lipinski definition) is 2. The van der Waals surface area contributed by atoms with E-state index in [4.69, 9.17) is 5.73 Å².